The van der Waals surface area contributed by atoms with Gasteiger partial charge in [-0.05, 0) is 12.1 Å². The van der Waals surface area contributed by atoms with E-state index in [1.807, 2.05) is 4.90 Å². The Balaban J connectivity index is 2.04. The molecular formula is C9H13N2O2+. The Hall–Kier alpha value is -1.29. The first-order chi connectivity index (χ1) is 6.38. The zero-order valence-electron chi connectivity index (χ0n) is 7.40. The first-order valence-corrected chi connectivity index (χ1v) is 4.52. The molecule has 1 amide bonds. The lowest BCUT2D eigenvalue weighted by Crippen LogP contribution is -2.89. The molecule has 1 aromatic heterocycles. The van der Waals surface area contributed by atoms with Gasteiger partial charge < -0.3 is 14.6 Å². The Labute approximate surface area is 76.5 Å². The predicted molar refractivity (Wildman–Crippen MR) is 46.3 cm³/mol. The molecule has 4 nitrogen and oxygen atoms in total. The molecule has 1 aliphatic rings. The highest BCUT2D eigenvalue weighted by Gasteiger charge is 2.21. The molecule has 2 N–H and O–H groups in total. The molecule has 2 rings (SSSR count). The summed E-state index contributed by atoms with van der Waals surface area (Å²) < 4.78 is 5.05. The fraction of sp³-hybridized carbons (Fsp3) is 0.444. The van der Waals surface area contributed by atoms with Crippen molar-refractivity contribution in [1.29, 1.82) is 0 Å². The number of piperazine rings is 1. The second-order valence-corrected chi connectivity index (χ2v) is 3.14. The van der Waals surface area contributed by atoms with Crippen molar-refractivity contribution < 1.29 is 14.5 Å². The van der Waals surface area contributed by atoms with E-state index in [1.165, 1.54) is 6.26 Å². The number of hydrogen-bond acceptors (Lipinski definition) is 2. The van der Waals surface area contributed by atoms with Crippen LogP contribution >= 0.6 is 0 Å². The normalized spacial score (nSPS) is 17.4. The lowest BCUT2D eigenvalue weighted by molar-refractivity contribution is -0.661. The van der Waals surface area contributed by atoms with E-state index in [2.05, 4.69) is 5.32 Å². The molecule has 0 bridgehead atoms. The van der Waals surface area contributed by atoms with Crippen molar-refractivity contribution in [3.63, 3.8) is 0 Å². The van der Waals surface area contributed by atoms with Gasteiger partial charge in [0.15, 0.2) is 5.76 Å². The molecule has 0 aliphatic carbocycles. The van der Waals surface area contributed by atoms with Gasteiger partial charge in [-0.3, -0.25) is 4.79 Å². The second kappa shape index (κ2) is 3.62. The lowest BCUT2D eigenvalue weighted by atomic mass is 10.3. The third kappa shape index (κ3) is 1.72. The van der Waals surface area contributed by atoms with E-state index in [4.69, 9.17) is 4.42 Å². The van der Waals surface area contributed by atoms with Crippen LogP contribution in [0.25, 0.3) is 0 Å². The SMILES string of the molecule is O=C(c1ccco1)N1CC[NH2+]CC1. The number of quaternary nitrogens is 1. The smallest absolute Gasteiger partial charge is 0.289 e. The molecular weight excluding hydrogens is 168 g/mol. The standard InChI is InChI=1S/C9H12N2O2/c12-9(8-2-1-7-13-8)11-5-3-10-4-6-11/h1-2,7,10H,3-6H2/p+1. The zero-order chi connectivity index (χ0) is 9.10. The maximum atomic E-state index is 11.7. The molecule has 1 aromatic rings. The van der Waals surface area contributed by atoms with Gasteiger partial charge in [0, 0.05) is 0 Å². The van der Waals surface area contributed by atoms with Gasteiger partial charge in [0.1, 0.15) is 0 Å². The minimum atomic E-state index is 0.0121. The monoisotopic (exact) mass is 181 g/mol. The summed E-state index contributed by atoms with van der Waals surface area (Å²) in [4.78, 5) is 13.5. The quantitative estimate of drug-likeness (QED) is 0.622. The van der Waals surface area contributed by atoms with Crippen molar-refractivity contribution in [2.24, 2.45) is 0 Å². The molecule has 0 aromatic carbocycles. The molecule has 1 fully saturated rings. The highest BCUT2D eigenvalue weighted by molar-refractivity contribution is 5.91. The summed E-state index contributed by atoms with van der Waals surface area (Å²) in [6.45, 7) is 3.62. The number of rotatable bonds is 1. The highest BCUT2D eigenvalue weighted by atomic mass is 16.3. The van der Waals surface area contributed by atoms with Gasteiger partial charge in [0.2, 0.25) is 0 Å². The summed E-state index contributed by atoms with van der Waals surface area (Å²) in [7, 11) is 0. The molecule has 70 valence electrons. The molecule has 0 spiro atoms. The van der Waals surface area contributed by atoms with Crippen LogP contribution < -0.4 is 5.32 Å². The third-order valence-corrected chi connectivity index (χ3v) is 2.23. The predicted octanol–water partition coefficient (Wildman–Crippen LogP) is -0.701. The minimum Gasteiger partial charge on any atom is -0.459 e. The number of carbonyl (C=O) groups is 1. The van der Waals surface area contributed by atoms with Crippen LogP contribution in [0.15, 0.2) is 22.8 Å². The number of carbonyl (C=O) groups excluding carboxylic acids is 1. The van der Waals surface area contributed by atoms with E-state index in [9.17, 15) is 4.79 Å². The van der Waals surface area contributed by atoms with E-state index in [0.717, 1.165) is 26.2 Å². The average molecular weight is 181 g/mol. The maximum absolute atomic E-state index is 11.7. The van der Waals surface area contributed by atoms with Crippen molar-refractivity contribution in [2.75, 3.05) is 26.2 Å². The molecule has 1 aliphatic heterocycles. The first-order valence-electron chi connectivity index (χ1n) is 4.52. The van der Waals surface area contributed by atoms with E-state index >= 15 is 0 Å². The largest absolute Gasteiger partial charge is 0.459 e. The van der Waals surface area contributed by atoms with Gasteiger partial charge in [-0.15, -0.1) is 0 Å². The summed E-state index contributed by atoms with van der Waals surface area (Å²) in [6, 6.07) is 3.45. The second-order valence-electron chi connectivity index (χ2n) is 3.14. The van der Waals surface area contributed by atoms with E-state index in [1.54, 1.807) is 12.1 Å². The molecule has 1 saturated heterocycles. The fourth-order valence-corrected chi connectivity index (χ4v) is 1.51. The Morgan fingerprint density at radius 2 is 2.23 bits per heavy atom. The number of amides is 1. The minimum absolute atomic E-state index is 0.0121. The lowest BCUT2D eigenvalue weighted by Gasteiger charge is -2.24. The number of hydrogen-bond donors (Lipinski definition) is 1. The molecule has 2 heterocycles. The number of nitrogens with zero attached hydrogens (tertiary/aromatic N) is 1. The summed E-state index contributed by atoms with van der Waals surface area (Å²) in [5.41, 5.74) is 0. The van der Waals surface area contributed by atoms with Crippen LogP contribution in [-0.4, -0.2) is 37.0 Å². The fourth-order valence-electron chi connectivity index (χ4n) is 1.51. The molecule has 0 radical (unpaired) electrons. The summed E-state index contributed by atoms with van der Waals surface area (Å²) >= 11 is 0. The summed E-state index contributed by atoms with van der Waals surface area (Å²) in [6.07, 6.45) is 1.53. The Morgan fingerprint density at radius 3 is 2.85 bits per heavy atom. The van der Waals surface area contributed by atoms with Crippen molar-refractivity contribution in [3.8, 4) is 0 Å². The molecule has 4 heteroatoms. The van der Waals surface area contributed by atoms with Crippen LogP contribution in [0, 0.1) is 0 Å². The van der Waals surface area contributed by atoms with Gasteiger partial charge >= 0.3 is 0 Å². The van der Waals surface area contributed by atoms with Crippen molar-refractivity contribution in [2.45, 2.75) is 0 Å². The van der Waals surface area contributed by atoms with Crippen LogP contribution in [0.3, 0.4) is 0 Å². The van der Waals surface area contributed by atoms with Gasteiger partial charge in [0.05, 0.1) is 32.4 Å². The van der Waals surface area contributed by atoms with Crippen molar-refractivity contribution >= 4 is 5.91 Å². The van der Waals surface area contributed by atoms with Gasteiger partial charge in [-0.2, -0.15) is 0 Å². The maximum Gasteiger partial charge on any atom is 0.289 e. The highest BCUT2D eigenvalue weighted by Crippen LogP contribution is 2.05. The van der Waals surface area contributed by atoms with Crippen LogP contribution in [0.5, 0.6) is 0 Å². The van der Waals surface area contributed by atoms with Crippen molar-refractivity contribution in [3.05, 3.63) is 24.2 Å². The van der Waals surface area contributed by atoms with Crippen LogP contribution in [0.1, 0.15) is 10.6 Å². The van der Waals surface area contributed by atoms with Crippen LogP contribution in [0.4, 0.5) is 0 Å². The molecule has 13 heavy (non-hydrogen) atoms. The number of furan rings is 1. The van der Waals surface area contributed by atoms with Gasteiger partial charge in [0.25, 0.3) is 5.91 Å². The van der Waals surface area contributed by atoms with Gasteiger partial charge in [-0.1, -0.05) is 0 Å². The van der Waals surface area contributed by atoms with Crippen molar-refractivity contribution in [1.82, 2.24) is 4.90 Å². The molecule has 0 atom stereocenters. The third-order valence-electron chi connectivity index (χ3n) is 2.23. The summed E-state index contributed by atoms with van der Waals surface area (Å²) in [5, 5.41) is 2.21. The van der Waals surface area contributed by atoms with E-state index in [-0.39, 0.29) is 5.91 Å². The summed E-state index contributed by atoms with van der Waals surface area (Å²) in [5.74, 6) is 0.458. The van der Waals surface area contributed by atoms with Crippen LogP contribution in [0.2, 0.25) is 0 Å². The Kier molecular flexibility index (Phi) is 2.31. The van der Waals surface area contributed by atoms with E-state index in [0.29, 0.717) is 5.76 Å². The van der Waals surface area contributed by atoms with Gasteiger partial charge in [-0.25, -0.2) is 0 Å². The van der Waals surface area contributed by atoms with E-state index < -0.39 is 0 Å². The Morgan fingerprint density at radius 1 is 1.46 bits per heavy atom. The molecule has 0 unspecified atom stereocenters. The number of nitrogens with two attached hydrogens (primary N) is 1. The van der Waals surface area contributed by atoms with Crippen LogP contribution in [-0.2, 0) is 0 Å². The molecule has 0 saturated carbocycles. The zero-order valence-corrected chi connectivity index (χ0v) is 7.40. The first kappa shape index (κ1) is 8.31. The topological polar surface area (TPSA) is 50.1 Å². The average Bonchev–Trinajstić information content (AvgIpc) is 2.71. The Bertz CT molecular complexity index is 276.